The molecule has 208 valence electrons. The van der Waals surface area contributed by atoms with Gasteiger partial charge in [0.25, 0.3) is 0 Å². The first kappa shape index (κ1) is 27.6. The SMILES string of the molecule is CC(=O)Nc1cc(Oc2ccc3c(c2)CC(c2nc(-c4ccccc4)cn2COCC[Si](C)(C)C)CO3)ccn1. The van der Waals surface area contributed by atoms with Crippen LogP contribution in [0.25, 0.3) is 11.3 Å². The van der Waals surface area contributed by atoms with Crippen LogP contribution in [0.1, 0.15) is 24.2 Å². The Labute approximate surface area is 236 Å². The lowest BCUT2D eigenvalue weighted by molar-refractivity contribution is -0.114. The Morgan fingerprint density at radius 2 is 1.90 bits per heavy atom. The lowest BCUT2D eigenvalue weighted by Gasteiger charge is -2.26. The van der Waals surface area contributed by atoms with Gasteiger partial charge in [0.15, 0.2) is 0 Å². The Kier molecular flexibility index (Phi) is 8.32. The number of hydrogen-bond donors (Lipinski definition) is 1. The number of carbonyl (C=O) groups excluding carboxylic acids is 1. The van der Waals surface area contributed by atoms with E-state index in [0.29, 0.717) is 30.7 Å². The molecule has 8 nitrogen and oxygen atoms in total. The van der Waals surface area contributed by atoms with Crippen LogP contribution in [0.15, 0.2) is 73.1 Å². The Morgan fingerprint density at radius 1 is 1.10 bits per heavy atom. The number of nitrogens with one attached hydrogen (secondary N) is 1. The first-order chi connectivity index (χ1) is 19.2. The Balaban J connectivity index is 1.35. The van der Waals surface area contributed by atoms with Crippen molar-refractivity contribution >= 4 is 19.8 Å². The zero-order valence-electron chi connectivity index (χ0n) is 23.5. The predicted octanol–water partition coefficient (Wildman–Crippen LogP) is 6.73. The molecule has 0 aliphatic carbocycles. The number of nitrogens with zero attached hydrogens (tertiary/aromatic N) is 3. The molecule has 0 radical (unpaired) electrons. The van der Waals surface area contributed by atoms with Crippen molar-refractivity contribution in [2.75, 3.05) is 18.5 Å². The van der Waals surface area contributed by atoms with Crippen LogP contribution < -0.4 is 14.8 Å². The molecule has 1 aliphatic rings. The quantitative estimate of drug-likeness (QED) is 0.172. The minimum absolute atomic E-state index is 0.0631. The summed E-state index contributed by atoms with van der Waals surface area (Å²) in [6.45, 7) is 10.3. The maximum absolute atomic E-state index is 11.4. The molecular formula is C31H36N4O4Si. The van der Waals surface area contributed by atoms with Crippen molar-refractivity contribution in [1.82, 2.24) is 14.5 Å². The zero-order valence-corrected chi connectivity index (χ0v) is 24.5. The molecule has 0 fully saturated rings. The van der Waals surface area contributed by atoms with Crippen LogP contribution in [0, 0.1) is 0 Å². The van der Waals surface area contributed by atoms with E-state index in [1.165, 1.54) is 6.92 Å². The van der Waals surface area contributed by atoms with E-state index in [1.807, 2.05) is 36.4 Å². The topological polar surface area (TPSA) is 87.5 Å². The standard InChI is InChI=1S/C31H36N4O4Si/c1-22(36)33-30-18-27(12-13-32-30)39-26-10-11-29-24(17-26)16-25(20-38-29)31-34-28(23-8-6-5-7-9-23)19-35(31)21-37-14-15-40(2,3)4/h5-13,17-19,25H,14-16,20-21H2,1-4H3,(H,32,33,36). The van der Waals surface area contributed by atoms with E-state index < -0.39 is 8.07 Å². The predicted molar refractivity (Wildman–Crippen MR) is 159 cm³/mol. The van der Waals surface area contributed by atoms with Gasteiger partial charge in [-0.2, -0.15) is 0 Å². The molecule has 5 rings (SSSR count). The molecule has 9 heteroatoms. The zero-order chi connectivity index (χ0) is 28.1. The van der Waals surface area contributed by atoms with E-state index in [2.05, 4.69) is 52.8 Å². The van der Waals surface area contributed by atoms with E-state index in [-0.39, 0.29) is 11.8 Å². The number of aromatic nitrogens is 3. The third kappa shape index (κ3) is 7.16. The van der Waals surface area contributed by atoms with Gasteiger partial charge < -0.3 is 24.1 Å². The van der Waals surface area contributed by atoms with Crippen LogP contribution in [-0.2, 0) is 22.7 Å². The summed E-state index contributed by atoms with van der Waals surface area (Å²) in [4.78, 5) is 20.6. The summed E-state index contributed by atoms with van der Waals surface area (Å²) >= 11 is 0. The second-order valence-corrected chi connectivity index (χ2v) is 16.9. The van der Waals surface area contributed by atoms with Crippen LogP contribution in [0.5, 0.6) is 17.2 Å². The van der Waals surface area contributed by atoms with Crippen molar-refractivity contribution in [2.45, 2.75) is 51.7 Å². The van der Waals surface area contributed by atoms with Crippen molar-refractivity contribution in [3.8, 4) is 28.5 Å². The number of carbonyl (C=O) groups is 1. The maximum Gasteiger partial charge on any atom is 0.222 e. The molecule has 0 saturated heterocycles. The summed E-state index contributed by atoms with van der Waals surface area (Å²) in [5, 5.41) is 2.68. The normalized spacial score (nSPS) is 14.8. The number of amides is 1. The highest BCUT2D eigenvalue weighted by atomic mass is 28.3. The number of hydrogen-bond acceptors (Lipinski definition) is 6. The Bertz CT molecular complexity index is 1470. The fraction of sp³-hybridized carbons (Fsp3) is 0.323. The van der Waals surface area contributed by atoms with Crippen LogP contribution in [0.2, 0.25) is 25.7 Å². The largest absolute Gasteiger partial charge is 0.493 e. The first-order valence-corrected chi connectivity index (χ1v) is 17.3. The van der Waals surface area contributed by atoms with Crippen molar-refractivity contribution in [1.29, 1.82) is 0 Å². The van der Waals surface area contributed by atoms with Crippen molar-refractivity contribution in [2.24, 2.45) is 0 Å². The molecule has 0 bridgehead atoms. The number of pyridine rings is 1. The second kappa shape index (κ2) is 12.1. The van der Waals surface area contributed by atoms with E-state index in [1.54, 1.807) is 18.3 Å². The molecule has 1 amide bonds. The molecule has 3 heterocycles. The minimum atomic E-state index is -1.18. The average molecular weight is 557 g/mol. The van der Waals surface area contributed by atoms with Gasteiger partial charge in [-0.25, -0.2) is 9.97 Å². The van der Waals surface area contributed by atoms with E-state index in [0.717, 1.165) is 47.5 Å². The maximum atomic E-state index is 11.4. The summed E-state index contributed by atoms with van der Waals surface area (Å²) in [7, 11) is -1.18. The molecule has 1 unspecified atom stereocenters. The highest BCUT2D eigenvalue weighted by Gasteiger charge is 2.27. The molecule has 1 N–H and O–H groups in total. The third-order valence-electron chi connectivity index (χ3n) is 6.68. The highest BCUT2D eigenvalue weighted by Crippen LogP contribution is 2.36. The smallest absolute Gasteiger partial charge is 0.222 e. The molecule has 40 heavy (non-hydrogen) atoms. The Hall–Kier alpha value is -3.95. The third-order valence-corrected chi connectivity index (χ3v) is 8.38. The van der Waals surface area contributed by atoms with Gasteiger partial charge in [0, 0.05) is 45.6 Å². The number of imidazole rings is 1. The number of rotatable bonds is 10. The van der Waals surface area contributed by atoms with Crippen LogP contribution >= 0.6 is 0 Å². The second-order valence-electron chi connectivity index (χ2n) is 11.3. The summed E-state index contributed by atoms with van der Waals surface area (Å²) in [6, 6.07) is 20.6. The fourth-order valence-electron chi connectivity index (χ4n) is 4.61. The van der Waals surface area contributed by atoms with E-state index >= 15 is 0 Å². The van der Waals surface area contributed by atoms with Crippen LogP contribution in [0.3, 0.4) is 0 Å². The first-order valence-electron chi connectivity index (χ1n) is 13.6. The van der Waals surface area contributed by atoms with Gasteiger partial charge in [0.2, 0.25) is 5.91 Å². The van der Waals surface area contributed by atoms with E-state index in [4.69, 9.17) is 19.2 Å². The monoisotopic (exact) mass is 556 g/mol. The number of ether oxygens (including phenoxy) is 3. The van der Waals surface area contributed by atoms with Gasteiger partial charge in [0.1, 0.15) is 35.6 Å². The van der Waals surface area contributed by atoms with Crippen molar-refractivity contribution in [3.05, 3.63) is 84.4 Å². The van der Waals surface area contributed by atoms with Gasteiger partial charge in [-0.15, -0.1) is 0 Å². The lowest BCUT2D eigenvalue weighted by atomic mass is 9.96. The lowest BCUT2D eigenvalue weighted by Crippen LogP contribution is -2.24. The van der Waals surface area contributed by atoms with Gasteiger partial charge in [-0.1, -0.05) is 50.0 Å². The van der Waals surface area contributed by atoms with Gasteiger partial charge in [-0.05, 0) is 42.3 Å². The fourth-order valence-corrected chi connectivity index (χ4v) is 5.37. The van der Waals surface area contributed by atoms with Crippen molar-refractivity contribution in [3.63, 3.8) is 0 Å². The highest BCUT2D eigenvalue weighted by molar-refractivity contribution is 6.76. The molecule has 2 aromatic carbocycles. The molecule has 2 aromatic heterocycles. The summed E-state index contributed by atoms with van der Waals surface area (Å²) in [5.41, 5.74) is 3.06. The van der Waals surface area contributed by atoms with Crippen molar-refractivity contribution < 1.29 is 19.0 Å². The van der Waals surface area contributed by atoms with Gasteiger partial charge in [-0.3, -0.25) is 4.79 Å². The number of anilines is 1. The molecule has 0 spiro atoms. The van der Waals surface area contributed by atoms with Gasteiger partial charge >= 0.3 is 0 Å². The number of fused-ring (bicyclic) bond motifs is 1. The molecular weight excluding hydrogens is 520 g/mol. The number of benzene rings is 2. The van der Waals surface area contributed by atoms with E-state index in [9.17, 15) is 4.79 Å². The Morgan fingerprint density at radius 3 is 2.67 bits per heavy atom. The van der Waals surface area contributed by atoms with Crippen LogP contribution in [-0.4, -0.2) is 41.7 Å². The molecule has 1 aliphatic heterocycles. The van der Waals surface area contributed by atoms with Crippen LogP contribution in [0.4, 0.5) is 5.82 Å². The molecule has 1 atom stereocenters. The average Bonchev–Trinajstić information content (AvgIpc) is 3.35. The summed E-state index contributed by atoms with van der Waals surface area (Å²) < 4.78 is 20.6. The van der Waals surface area contributed by atoms with Gasteiger partial charge in [0.05, 0.1) is 18.2 Å². The summed E-state index contributed by atoms with van der Waals surface area (Å²) in [6.07, 6.45) is 4.46. The molecule has 0 saturated carbocycles. The summed E-state index contributed by atoms with van der Waals surface area (Å²) in [5.74, 6) is 3.41. The molecule has 4 aromatic rings. The minimum Gasteiger partial charge on any atom is -0.493 e.